The maximum Gasteiger partial charge on any atom is 0.0888 e. The van der Waals surface area contributed by atoms with E-state index in [1.54, 1.807) is 18.3 Å². The lowest BCUT2D eigenvalue weighted by Gasteiger charge is -2.04. The molecule has 19 heavy (non-hydrogen) atoms. The van der Waals surface area contributed by atoms with Gasteiger partial charge in [0.05, 0.1) is 22.8 Å². The molecule has 0 fully saturated rings. The van der Waals surface area contributed by atoms with Crippen molar-refractivity contribution in [2.24, 2.45) is 9.98 Å². The molecule has 96 valence electrons. The van der Waals surface area contributed by atoms with E-state index in [1.807, 2.05) is 31.2 Å². The van der Waals surface area contributed by atoms with Gasteiger partial charge in [0.2, 0.25) is 0 Å². The summed E-state index contributed by atoms with van der Waals surface area (Å²) >= 11 is 0. The Morgan fingerprint density at radius 3 is 2.47 bits per heavy atom. The van der Waals surface area contributed by atoms with Crippen molar-refractivity contribution in [3.8, 4) is 0 Å². The van der Waals surface area contributed by atoms with Gasteiger partial charge in [0, 0.05) is 12.4 Å². The van der Waals surface area contributed by atoms with Crippen molar-refractivity contribution in [3.63, 3.8) is 0 Å². The van der Waals surface area contributed by atoms with Gasteiger partial charge in [-0.2, -0.15) is 0 Å². The average molecular weight is 251 g/mol. The largest absolute Gasteiger partial charge is 0.255 e. The SMILES string of the molecule is C=CN=C(C=C)/C(=C/C)N=C(C=C)c1ccccn1. The summed E-state index contributed by atoms with van der Waals surface area (Å²) in [7, 11) is 0. The molecule has 3 heteroatoms. The lowest BCUT2D eigenvalue weighted by Crippen LogP contribution is -2.04. The number of hydrogen-bond donors (Lipinski definition) is 0. The summed E-state index contributed by atoms with van der Waals surface area (Å²) < 4.78 is 0. The van der Waals surface area contributed by atoms with Gasteiger partial charge < -0.3 is 0 Å². The molecule has 0 radical (unpaired) electrons. The van der Waals surface area contributed by atoms with Gasteiger partial charge in [-0.1, -0.05) is 31.9 Å². The maximum absolute atomic E-state index is 4.52. The fourth-order valence-electron chi connectivity index (χ4n) is 1.44. The Hall–Kier alpha value is -2.55. The van der Waals surface area contributed by atoms with Crippen LogP contribution in [-0.2, 0) is 0 Å². The number of hydrogen-bond acceptors (Lipinski definition) is 3. The van der Waals surface area contributed by atoms with E-state index in [1.165, 1.54) is 6.20 Å². The minimum atomic E-state index is 0.660. The quantitative estimate of drug-likeness (QED) is 0.710. The average Bonchev–Trinajstić information content (AvgIpc) is 2.47. The Morgan fingerprint density at radius 1 is 1.21 bits per heavy atom. The molecule has 1 aromatic rings. The molecule has 0 N–H and O–H groups in total. The first-order valence-corrected chi connectivity index (χ1v) is 5.87. The molecule has 0 bridgehead atoms. The zero-order chi connectivity index (χ0) is 14.1. The van der Waals surface area contributed by atoms with Crippen LogP contribution in [0.5, 0.6) is 0 Å². The molecular weight excluding hydrogens is 234 g/mol. The monoisotopic (exact) mass is 251 g/mol. The van der Waals surface area contributed by atoms with Gasteiger partial charge in [0.25, 0.3) is 0 Å². The molecule has 1 heterocycles. The number of aliphatic imine (C=N–C) groups is 2. The summed E-state index contributed by atoms with van der Waals surface area (Å²) in [6, 6.07) is 5.64. The van der Waals surface area contributed by atoms with E-state index in [-0.39, 0.29) is 0 Å². The molecule has 0 aliphatic heterocycles. The highest BCUT2D eigenvalue weighted by atomic mass is 14.8. The summed E-state index contributed by atoms with van der Waals surface area (Å²) in [6.45, 7) is 13.0. The lowest BCUT2D eigenvalue weighted by molar-refractivity contribution is 1.28. The minimum Gasteiger partial charge on any atom is -0.255 e. The van der Waals surface area contributed by atoms with Crippen LogP contribution in [0.25, 0.3) is 0 Å². The van der Waals surface area contributed by atoms with Crippen molar-refractivity contribution in [2.45, 2.75) is 6.92 Å². The molecule has 0 aliphatic carbocycles. The Morgan fingerprint density at radius 2 is 2.00 bits per heavy atom. The van der Waals surface area contributed by atoms with Crippen LogP contribution in [0.2, 0.25) is 0 Å². The molecule has 1 rings (SSSR count). The molecule has 1 aromatic heterocycles. The molecule has 0 saturated carbocycles. The number of rotatable bonds is 6. The maximum atomic E-state index is 4.52. The van der Waals surface area contributed by atoms with Crippen LogP contribution in [0.3, 0.4) is 0 Å². The zero-order valence-electron chi connectivity index (χ0n) is 11.1. The van der Waals surface area contributed by atoms with E-state index in [0.29, 0.717) is 17.1 Å². The van der Waals surface area contributed by atoms with Gasteiger partial charge in [-0.3, -0.25) is 9.98 Å². The van der Waals surface area contributed by atoms with Crippen LogP contribution in [0, 0.1) is 0 Å². The van der Waals surface area contributed by atoms with Gasteiger partial charge in [0.15, 0.2) is 0 Å². The fraction of sp³-hybridized carbons (Fsp3) is 0.0625. The van der Waals surface area contributed by atoms with Crippen molar-refractivity contribution in [1.82, 2.24) is 4.98 Å². The Bertz CT molecular complexity index is 549. The fourth-order valence-corrected chi connectivity index (χ4v) is 1.44. The number of pyridine rings is 1. The summed E-state index contributed by atoms with van der Waals surface area (Å²) in [5.41, 5.74) is 2.81. The first-order chi connectivity index (χ1) is 9.26. The van der Waals surface area contributed by atoms with Crippen molar-refractivity contribution in [2.75, 3.05) is 0 Å². The van der Waals surface area contributed by atoms with E-state index in [2.05, 4.69) is 34.7 Å². The first kappa shape index (κ1) is 14.5. The highest BCUT2D eigenvalue weighted by molar-refractivity contribution is 6.13. The molecule has 0 saturated heterocycles. The summed E-state index contributed by atoms with van der Waals surface area (Å²) in [4.78, 5) is 12.9. The van der Waals surface area contributed by atoms with Gasteiger partial charge >= 0.3 is 0 Å². The van der Waals surface area contributed by atoms with Gasteiger partial charge in [-0.25, -0.2) is 4.99 Å². The normalized spacial score (nSPS) is 13.0. The molecule has 0 amide bonds. The molecule has 0 aliphatic rings. The minimum absolute atomic E-state index is 0.660. The predicted molar refractivity (Wildman–Crippen MR) is 82.6 cm³/mol. The number of allylic oxidation sites excluding steroid dienone is 3. The molecule has 0 aromatic carbocycles. The smallest absolute Gasteiger partial charge is 0.0888 e. The lowest BCUT2D eigenvalue weighted by atomic mass is 10.2. The van der Waals surface area contributed by atoms with E-state index < -0.39 is 0 Å². The second-order valence-corrected chi connectivity index (χ2v) is 3.49. The number of nitrogens with zero attached hydrogens (tertiary/aromatic N) is 3. The molecule has 0 atom stereocenters. The van der Waals surface area contributed by atoms with Crippen LogP contribution in [0.4, 0.5) is 0 Å². The van der Waals surface area contributed by atoms with Crippen LogP contribution >= 0.6 is 0 Å². The predicted octanol–water partition coefficient (Wildman–Crippen LogP) is 3.73. The molecular formula is C16H17N3. The van der Waals surface area contributed by atoms with Crippen LogP contribution in [-0.4, -0.2) is 16.4 Å². The topological polar surface area (TPSA) is 37.6 Å². The summed E-state index contributed by atoms with van der Waals surface area (Å²) in [6.07, 6.45) is 8.34. The van der Waals surface area contributed by atoms with Crippen molar-refractivity contribution in [1.29, 1.82) is 0 Å². The van der Waals surface area contributed by atoms with E-state index in [4.69, 9.17) is 0 Å². The Kier molecular flexibility index (Phi) is 5.89. The Labute approximate surface area is 114 Å². The molecule has 0 unspecified atom stereocenters. The van der Waals surface area contributed by atoms with Crippen molar-refractivity contribution >= 4 is 11.4 Å². The van der Waals surface area contributed by atoms with Crippen LogP contribution in [0.15, 0.2) is 84.2 Å². The summed E-state index contributed by atoms with van der Waals surface area (Å²) in [5, 5.41) is 0. The van der Waals surface area contributed by atoms with Crippen LogP contribution in [0.1, 0.15) is 12.6 Å². The standard InChI is InChI=1S/C16H17N3/c1-5-13(17-8-4)14(6-2)19-15(7-3)16-11-9-10-12-18-16/h5-12H,1,3-4H2,2H3/b14-6-,17-13?,19-15?. The van der Waals surface area contributed by atoms with E-state index >= 15 is 0 Å². The van der Waals surface area contributed by atoms with Crippen molar-refractivity contribution in [3.05, 3.63) is 80.0 Å². The molecule has 3 nitrogen and oxygen atoms in total. The van der Waals surface area contributed by atoms with Gasteiger partial charge in [-0.05, 0) is 31.2 Å². The third-order valence-corrected chi connectivity index (χ3v) is 2.32. The van der Waals surface area contributed by atoms with Crippen molar-refractivity contribution < 1.29 is 0 Å². The molecule has 0 spiro atoms. The highest BCUT2D eigenvalue weighted by Gasteiger charge is 2.04. The van der Waals surface area contributed by atoms with Crippen LogP contribution < -0.4 is 0 Å². The van der Waals surface area contributed by atoms with E-state index in [0.717, 1.165) is 5.69 Å². The van der Waals surface area contributed by atoms with E-state index in [9.17, 15) is 0 Å². The van der Waals surface area contributed by atoms with Gasteiger partial charge in [-0.15, -0.1) is 0 Å². The summed E-state index contributed by atoms with van der Waals surface area (Å²) in [5.74, 6) is 0. The third kappa shape index (κ3) is 4.00. The Balaban J connectivity index is 3.23. The number of aromatic nitrogens is 1. The highest BCUT2D eigenvalue weighted by Crippen LogP contribution is 2.07. The van der Waals surface area contributed by atoms with Gasteiger partial charge in [0.1, 0.15) is 0 Å². The third-order valence-electron chi connectivity index (χ3n) is 2.32. The second kappa shape index (κ2) is 7.71. The second-order valence-electron chi connectivity index (χ2n) is 3.49. The first-order valence-electron chi connectivity index (χ1n) is 5.87. The zero-order valence-corrected chi connectivity index (χ0v) is 11.1.